The van der Waals surface area contributed by atoms with Gasteiger partial charge in [0.2, 0.25) is 5.95 Å². The van der Waals surface area contributed by atoms with Crippen LogP contribution in [0.4, 0.5) is 4.39 Å². The molecule has 1 aromatic heterocycles. The van der Waals surface area contributed by atoms with E-state index in [4.69, 9.17) is 0 Å². The Morgan fingerprint density at radius 2 is 2.27 bits per heavy atom. The van der Waals surface area contributed by atoms with Crippen LogP contribution in [-0.2, 0) is 0 Å². The van der Waals surface area contributed by atoms with Crippen LogP contribution in [0.3, 0.4) is 0 Å². The molecule has 2 aliphatic rings. The van der Waals surface area contributed by atoms with E-state index in [1.807, 2.05) is 6.07 Å². The molecule has 1 aromatic rings. The van der Waals surface area contributed by atoms with E-state index in [0.29, 0.717) is 5.92 Å². The molecule has 1 aliphatic carbocycles. The lowest BCUT2D eigenvalue weighted by Crippen LogP contribution is -2.09. The van der Waals surface area contributed by atoms with Gasteiger partial charge >= 0.3 is 0 Å². The fraction of sp³-hybridized carbons (Fsp3) is 0.417. The fourth-order valence-corrected chi connectivity index (χ4v) is 2.56. The number of hydrogen-bond acceptors (Lipinski definition) is 2. The molecule has 2 heterocycles. The van der Waals surface area contributed by atoms with Crippen molar-refractivity contribution in [1.82, 2.24) is 10.3 Å². The summed E-state index contributed by atoms with van der Waals surface area (Å²) in [5.74, 6) is 1.01. The Balaban J connectivity index is 1.87. The zero-order valence-electron chi connectivity index (χ0n) is 8.41. The summed E-state index contributed by atoms with van der Waals surface area (Å²) in [5, 5.41) is 3.39. The molecule has 78 valence electrons. The van der Waals surface area contributed by atoms with Crippen molar-refractivity contribution in [2.24, 2.45) is 11.8 Å². The zero-order chi connectivity index (χ0) is 10.3. The molecule has 15 heavy (non-hydrogen) atoms. The van der Waals surface area contributed by atoms with Gasteiger partial charge in [-0.05, 0) is 48.1 Å². The molecule has 0 saturated carbocycles. The summed E-state index contributed by atoms with van der Waals surface area (Å²) in [4.78, 5) is 3.69. The van der Waals surface area contributed by atoms with Crippen LogP contribution in [0, 0.1) is 17.8 Å². The van der Waals surface area contributed by atoms with Crippen LogP contribution in [0.5, 0.6) is 0 Å². The summed E-state index contributed by atoms with van der Waals surface area (Å²) in [7, 11) is 0. The van der Waals surface area contributed by atoms with Crippen LogP contribution in [0.2, 0.25) is 0 Å². The standard InChI is InChI=1S/C12H13FN2/c13-12-2-1-8(7-15-12)9-3-10-5-14-6-11(10)4-9/h1-3,7,10-11,14H,4-6H2/t10-,11+/m0/s1. The highest BCUT2D eigenvalue weighted by Crippen LogP contribution is 2.37. The van der Waals surface area contributed by atoms with Gasteiger partial charge in [0, 0.05) is 12.7 Å². The van der Waals surface area contributed by atoms with Gasteiger partial charge in [0.1, 0.15) is 0 Å². The Kier molecular flexibility index (Phi) is 2.06. The molecule has 0 aromatic carbocycles. The van der Waals surface area contributed by atoms with Gasteiger partial charge in [0.05, 0.1) is 0 Å². The lowest BCUT2D eigenvalue weighted by Gasteiger charge is -2.06. The first-order valence-electron chi connectivity index (χ1n) is 5.36. The molecular weight excluding hydrogens is 191 g/mol. The number of fused-ring (bicyclic) bond motifs is 1. The number of nitrogens with zero attached hydrogens (tertiary/aromatic N) is 1. The number of rotatable bonds is 1. The second kappa shape index (κ2) is 3.42. The summed E-state index contributed by atoms with van der Waals surface area (Å²) in [6.45, 7) is 2.20. The first-order valence-corrected chi connectivity index (χ1v) is 5.36. The van der Waals surface area contributed by atoms with Crippen molar-refractivity contribution in [3.63, 3.8) is 0 Å². The third kappa shape index (κ3) is 1.57. The Morgan fingerprint density at radius 3 is 3.00 bits per heavy atom. The molecule has 0 unspecified atom stereocenters. The van der Waals surface area contributed by atoms with Crippen molar-refractivity contribution in [1.29, 1.82) is 0 Å². The molecule has 2 nitrogen and oxygen atoms in total. The average molecular weight is 204 g/mol. The molecule has 0 bridgehead atoms. The van der Waals surface area contributed by atoms with E-state index >= 15 is 0 Å². The average Bonchev–Trinajstić information content (AvgIpc) is 2.78. The second-order valence-corrected chi connectivity index (χ2v) is 4.35. The Morgan fingerprint density at radius 1 is 1.33 bits per heavy atom. The van der Waals surface area contributed by atoms with Crippen molar-refractivity contribution in [2.75, 3.05) is 13.1 Å². The maximum absolute atomic E-state index is 12.7. The summed E-state index contributed by atoms with van der Waals surface area (Å²) in [6.07, 6.45) is 5.06. The first kappa shape index (κ1) is 9.04. The molecule has 0 radical (unpaired) electrons. The minimum Gasteiger partial charge on any atom is -0.316 e. The number of aromatic nitrogens is 1. The molecule has 1 N–H and O–H groups in total. The third-order valence-electron chi connectivity index (χ3n) is 3.39. The predicted octanol–water partition coefficient (Wildman–Crippen LogP) is 1.84. The quantitative estimate of drug-likeness (QED) is 0.706. The monoisotopic (exact) mass is 204 g/mol. The SMILES string of the molecule is Fc1ccc(C2=C[C@H]3CNC[C@H]3C2)cn1. The smallest absolute Gasteiger partial charge is 0.212 e. The van der Waals surface area contributed by atoms with Crippen LogP contribution in [0.15, 0.2) is 24.4 Å². The van der Waals surface area contributed by atoms with Gasteiger partial charge < -0.3 is 5.32 Å². The van der Waals surface area contributed by atoms with Crippen molar-refractivity contribution >= 4 is 5.57 Å². The largest absolute Gasteiger partial charge is 0.316 e. The molecule has 0 amide bonds. The lowest BCUT2D eigenvalue weighted by molar-refractivity contribution is 0.536. The van der Waals surface area contributed by atoms with E-state index < -0.39 is 5.95 Å². The van der Waals surface area contributed by atoms with Gasteiger partial charge in [0.15, 0.2) is 0 Å². The van der Waals surface area contributed by atoms with Crippen LogP contribution in [0.1, 0.15) is 12.0 Å². The maximum Gasteiger partial charge on any atom is 0.212 e. The van der Waals surface area contributed by atoms with Gasteiger partial charge in [-0.25, -0.2) is 4.98 Å². The fourth-order valence-electron chi connectivity index (χ4n) is 2.56. The normalized spacial score (nSPS) is 29.0. The molecule has 1 fully saturated rings. The van der Waals surface area contributed by atoms with E-state index in [2.05, 4.69) is 16.4 Å². The summed E-state index contributed by atoms with van der Waals surface area (Å²) in [5.41, 5.74) is 2.41. The Hall–Kier alpha value is -1.22. The molecule has 3 heteroatoms. The predicted molar refractivity (Wildman–Crippen MR) is 56.6 cm³/mol. The van der Waals surface area contributed by atoms with E-state index in [0.717, 1.165) is 31.0 Å². The van der Waals surface area contributed by atoms with Gasteiger partial charge in [-0.1, -0.05) is 6.08 Å². The van der Waals surface area contributed by atoms with E-state index in [1.54, 1.807) is 6.20 Å². The van der Waals surface area contributed by atoms with E-state index in [9.17, 15) is 4.39 Å². The van der Waals surface area contributed by atoms with Gasteiger partial charge in [-0.15, -0.1) is 0 Å². The van der Waals surface area contributed by atoms with Crippen LogP contribution >= 0.6 is 0 Å². The molecule has 2 atom stereocenters. The second-order valence-electron chi connectivity index (χ2n) is 4.35. The minimum absolute atomic E-state index is 0.404. The molecule has 0 spiro atoms. The highest BCUT2D eigenvalue weighted by molar-refractivity contribution is 5.67. The molecule has 1 saturated heterocycles. The lowest BCUT2D eigenvalue weighted by atomic mass is 9.99. The van der Waals surface area contributed by atoms with Crippen LogP contribution in [-0.4, -0.2) is 18.1 Å². The number of nitrogens with one attached hydrogen (secondary N) is 1. The van der Waals surface area contributed by atoms with Gasteiger partial charge in [-0.3, -0.25) is 0 Å². The molecular formula is C12H13FN2. The van der Waals surface area contributed by atoms with Crippen LogP contribution in [0.25, 0.3) is 5.57 Å². The van der Waals surface area contributed by atoms with E-state index in [-0.39, 0.29) is 0 Å². The van der Waals surface area contributed by atoms with Gasteiger partial charge in [0.25, 0.3) is 0 Å². The highest BCUT2D eigenvalue weighted by Gasteiger charge is 2.31. The number of halogens is 1. The highest BCUT2D eigenvalue weighted by atomic mass is 19.1. The minimum atomic E-state index is -0.404. The number of hydrogen-bond donors (Lipinski definition) is 1. The third-order valence-corrected chi connectivity index (χ3v) is 3.39. The first-order chi connectivity index (χ1) is 7.33. The summed E-state index contributed by atoms with van der Waals surface area (Å²) in [6, 6.07) is 3.26. The maximum atomic E-state index is 12.7. The molecule has 3 rings (SSSR count). The summed E-state index contributed by atoms with van der Waals surface area (Å²) >= 11 is 0. The zero-order valence-corrected chi connectivity index (χ0v) is 8.41. The van der Waals surface area contributed by atoms with E-state index in [1.165, 1.54) is 11.6 Å². The van der Waals surface area contributed by atoms with Gasteiger partial charge in [-0.2, -0.15) is 4.39 Å². The van der Waals surface area contributed by atoms with Crippen molar-refractivity contribution < 1.29 is 4.39 Å². The van der Waals surface area contributed by atoms with Crippen LogP contribution < -0.4 is 5.32 Å². The Labute approximate surface area is 88.2 Å². The van der Waals surface area contributed by atoms with Crippen molar-refractivity contribution in [2.45, 2.75) is 6.42 Å². The topological polar surface area (TPSA) is 24.9 Å². The Bertz CT molecular complexity index is 397. The van der Waals surface area contributed by atoms with Crippen molar-refractivity contribution in [3.8, 4) is 0 Å². The summed E-state index contributed by atoms with van der Waals surface area (Å²) < 4.78 is 12.7. The number of pyridine rings is 1. The van der Waals surface area contributed by atoms with Crippen molar-refractivity contribution in [3.05, 3.63) is 35.9 Å². The number of allylic oxidation sites excluding steroid dienone is 1. The molecule has 1 aliphatic heterocycles.